The van der Waals surface area contributed by atoms with Gasteiger partial charge in [-0.3, -0.25) is 0 Å². The van der Waals surface area contributed by atoms with Crippen LogP contribution in [-0.4, -0.2) is 0 Å². The van der Waals surface area contributed by atoms with Crippen LogP contribution in [-0.2, 0) is 24.9 Å². The number of hydrogen-bond acceptors (Lipinski definition) is 2. The number of rotatable bonds is 4. The average Bonchev–Trinajstić information content (AvgIpc) is 3.19. The highest BCUT2D eigenvalue weighted by Crippen LogP contribution is 2.65. The highest BCUT2D eigenvalue weighted by molar-refractivity contribution is 5.49. The number of fused-ring (bicyclic) bond motifs is 5. The number of hydrogen-bond donors (Lipinski definition) is 0. The van der Waals surface area contributed by atoms with E-state index in [1.807, 2.05) is 6.92 Å². The second-order valence-corrected chi connectivity index (χ2v) is 11.1. The summed E-state index contributed by atoms with van der Waals surface area (Å²) >= 11 is 0. The highest BCUT2D eigenvalue weighted by Gasteiger charge is 2.57. The topological polar surface area (TPSA) is 33.0 Å². The Morgan fingerprint density at radius 2 is 1.73 bits per heavy atom. The number of nitrogens with zero attached hydrogens (tertiary/aromatic N) is 1. The van der Waals surface area contributed by atoms with Crippen LogP contribution < -0.4 is 4.74 Å². The number of nitriles is 1. The van der Waals surface area contributed by atoms with Gasteiger partial charge in [0.15, 0.2) is 0 Å². The predicted octanol–water partition coefficient (Wildman–Crippen LogP) is 7.70. The van der Waals surface area contributed by atoms with Gasteiger partial charge in [0, 0.05) is 5.57 Å². The van der Waals surface area contributed by atoms with E-state index in [1.54, 1.807) is 5.56 Å². The molecule has 3 aliphatic rings. The number of aryl methyl sites for hydroxylation is 2. The SMILES string of the molecule is CCc1cc2c(cc1OCc1ccccc1)CC[C@H]1[C@@H]3CC/C(=C(/C)C#N)[C@@]3(C)CC[C@]21C. The quantitative estimate of drug-likeness (QED) is 0.457. The first-order valence-corrected chi connectivity index (χ1v) is 12.8. The summed E-state index contributed by atoms with van der Waals surface area (Å²) in [6.45, 7) is 9.92. The highest BCUT2D eigenvalue weighted by atomic mass is 16.5. The molecule has 2 aromatic rings. The molecule has 0 aliphatic heterocycles. The lowest BCUT2D eigenvalue weighted by molar-refractivity contribution is 0.0305. The molecule has 0 bridgehead atoms. The molecule has 2 saturated carbocycles. The van der Waals surface area contributed by atoms with Crippen molar-refractivity contribution in [3.05, 3.63) is 75.9 Å². The molecule has 0 amide bonds. The van der Waals surface area contributed by atoms with Crippen LogP contribution >= 0.6 is 0 Å². The Morgan fingerprint density at radius 3 is 2.45 bits per heavy atom. The smallest absolute Gasteiger partial charge is 0.123 e. The molecular weight excluding hydrogens is 402 g/mol. The number of ether oxygens (including phenoxy) is 1. The maximum atomic E-state index is 9.59. The summed E-state index contributed by atoms with van der Waals surface area (Å²) in [6.07, 6.45) is 8.18. The normalized spacial score (nSPS) is 31.7. The molecule has 4 atom stereocenters. The Bertz CT molecular complexity index is 1120. The Morgan fingerprint density at radius 1 is 1.03 bits per heavy atom. The molecule has 172 valence electrons. The first-order valence-electron chi connectivity index (χ1n) is 12.8. The first-order chi connectivity index (χ1) is 15.9. The molecule has 2 aromatic carbocycles. The molecule has 2 fully saturated rings. The van der Waals surface area contributed by atoms with E-state index in [1.165, 1.54) is 47.9 Å². The predicted molar refractivity (Wildman–Crippen MR) is 134 cm³/mol. The molecule has 0 radical (unpaired) electrons. The van der Waals surface area contributed by atoms with E-state index in [9.17, 15) is 5.26 Å². The fraction of sp³-hybridized carbons (Fsp3) is 0.516. The molecule has 0 spiro atoms. The summed E-state index contributed by atoms with van der Waals surface area (Å²) in [7, 11) is 0. The zero-order valence-electron chi connectivity index (χ0n) is 20.7. The van der Waals surface area contributed by atoms with Crippen molar-refractivity contribution < 1.29 is 4.74 Å². The first kappa shape index (κ1) is 22.3. The van der Waals surface area contributed by atoms with E-state index in [2.05, 4.69) is 69.3 Å². The monoisotopic (exact) mass is 439 g/mol. The maximum absolute atomic E-state index is 9.59. The molecule has 0 unspecified atom stereocenters. The molecule has 3 aliphatic carbocycles. The van der Waals surface area contributed by atoms with Crippen LogP contribution in [0.1, 0.15) is 82.1 Å². The Labute approximate surface area is 199 Å². The zero-order chi connectivity index (χ0) is 23.2. The van der Waals surface area contributed by atoms with Gasteiger partial charge in [-0.05, 0) is 103 Å². The van der Waals surface area contributed by atoms with Gasteiger partial charge in [0.2, 0.25) is 0 Å². The van der Waals surface area contributed by atoms with E-state index in [0.29, 0.717) is 18.4 Å². The van der Waals surface area contributed by atoms with E-state index < -0.39 is 0 Å². The minimum atomic E-state index is 0.216. The van der Waals surface area contributed by atoms with Gasteiger partial charge in [0.1, 0.15) is 12.4 Å². The summed E-state index contributed by atoms with van der Waals surface area (Å²) in [6, 6.07) is 17.8. The van der Waals surface area contributed by atoms with E-state index in [-0.39, 0.29) is 10.8 Å². The third kappa shape index (κ3) is 3.52. The van der Waals surface area contributed by atoms with Gasteiger partial charge < -0.3 is 4.74 Å². The summed E-state index contributed by atoms with van der Waals surface area (Å²) < 4.78 is 6.35. The lowest BCUT2D eigenvalue weighted by Crippen LogP contribution is -2.49. The van der Waals surface area contributed by atoms with Crippen molar-refractivity contribution in [1.82, 2.24) is 0 Å². The van der Waals surface area contributed by atoms with Gasteiger partial charge in [-0.2, -0.15) is 5.26 Å². The van der Waals surface area contributed by atoms with Crippen molar-refractivity contribution in [3.8, 4) is 11.8 Å². The van der Waals surface area contributed by atoms with Crippen molar-refractivity contribution >= 4 is 0 Å². The summed E-state index contributed by atoms with van der Waals surface area (Å²) in [4.78, 5) is 0. The summed E-state index contributed by atoms with van der Waals surface area (Å²) in [5.41, 5.74) is 8.53. The van der Waals surface area contributed by atoms with Gasteiger partial charge in [0.05, 0.1) is 6.07 Å². The van der Waals surface area contributed by atoms with Gasteiger partial charge >= 0.3 is 0 Å². The average molecular weight is 440 g/mol. The van der Waals surface area contributed by atoms with Crippen LogP contribution in [0.15, 0.2) is 53.6 Å². The summed E-state index contributed by atoms with van der Waals surface area (Å²) in [5.74, 6) is 2.47. The third-order valence-corrected chi connectivity index (χ3v) is 9.55. The van der Waals surface area contributed by atoms with Crippen LogP contribution in [0.4, 0.5) is 0 Å². The van der Waals surface area contributed by atoms with Gasteiger partial charge in [-0.1, -0.05) is 62.7 Å². The largest absolute Gasteiger partial charge is 0.489 e. The molecule has 2 nitrogen and oxygen atoms in total. The molecule has 0 heterocycles. The third-order valence-electron chi connectivity index (χ3n) is 9.55. The number of benzene rings is 2. The van der Waals surface area contributed by atoms with Crippen LogP contribution in [0.5, 0.6) is 5.75 Å². The lowest BCUT2D eigenvalue weighted by atomic mass is 9.48. The molecular formula is C31H37NO. The van der Waals surface area contributed by atoms with Crippen molar-refractivity contribution in [1.29, 1.82) is 5.26 Å². The van der Waals surface area contributed by atoms with Crippen molar-refractivity contribution in [2.24, 2.45) is 17.3 Å². The van der Waals surface area contributed by atoms with Crippen LogP contribution in [0.3, 0.4) is 0 Å². The van der Waals surface area contributed by atoms with Crippen LogP contribution in [0.25, 0.3) is 0 Å². The molecule has 0 saturated heterocycles. The fourth-order valence-electron chi connectivity index (χ4n) is 7.66. The molecule has 33 heavy (non-hydrogen) atoms. The van der Waals surface area contributed by atoms with Gasteiger partial charge in [-0.15, -0.1) is 0 Å². The Hall–Kier alpha value is -2.53. The molecule has 2 heteroatoms. The van der Waals surface area contributed by atoms with Crippen molar-refractivity contribution in [2.45, 2.75) is 84.7 Å². The van der Waals surface area contributed by atoms with Crippen LogP contribution in [0, 0.1) is 28.6 Å². The van der Waals surface area contributed by atoms with Gasteiger partial charge in [-0.25, -0.2) is 0 Å². The molecule has 0 N–H and O–H groups in total. The lowest BCUT2D eigenvalue weighted by Gasteiger charge is -2.55. The van der Waals surface area contributed by atoms with E-state index in [4.69, 9.17) is 4.74 Å². The molecule has 0 aromatic heterocycles. The van der Waals surface area contributed by atoms with E-state index in [0.717, 1.165) is 30.6 Å². The Balaban J connectivity index is 1.47. The summed E-state index contributed by atoms with van der Waals surface area (Å²) in [5, 5.41) is 9.59. The number of allylic oxidation sites excluding steroid dienone is 2. The standard InChI is InChI=1S/C31H37NO/c1-5-23-17-28-24(18-29(23)33-20-22-9-7-6-8-10-22)11-12-26-27-14-13-25(21(2)19-32)30(27,3)15-16-31(26,28)4/h6-10,17-18,26-27H,5,11-16,20H2,1-4H3/b25-21+/t26-,27-,30+,31-/m0/s1. The second kappa shape index (κ2) is 8.35. The van der Waals surface area contributed by atoms with Crippen molar-refractivity contribution in [2.75, 3.05) is 0 Å². The Kier molecular flexibility index (Phi) is 5.64. The van der Waals surface area contributed by atoms with Gasteiger partial charge in [0.25, 0.3) is 0 Å². The second-order valence-electron chi connectivity index (χ2n) is 11.1. The van der Waals surface area contributed by atoms with Crippen LogP contribution in [0.2, 0.25) is 0 Å². The minimum absolute atomic E-state index is 0.216. The fourth-order valence-corrected chi connectivity index (χ4v) is 7.66. The van der Waals surface area contributed by atoms with E-state index >= 15 is 0 Å². The van der Waals surface area contributed by atoms with Crippen molar-refractivity contribution in [3.63, 3.8) is 0 Å². The zero-order valence-corrected chi connectivity index (χ0v) is 20.7. The minimum Gasteiger partial charge on any atom is -0.489 e. The maximum Gasteiger partial charge on any atom is 0.123 e. The molecule has 5 rings (SSSR count).